The summed E-state index contributed by atoms with van der Waals surface area (Å²) >= 11 is 0. The van der Waals surface area contributed by atoms with Crippen molar-refractivity contribution in [2.75, 3.05) is 0 Å². The number of hydrogen-bond acceptors (Lipinski definition) is 3. The highest BCUT2D eigenvalue weighted by Crippen LogP contribution is 2.29. The lowest BCUT2D eigenvalue weighted by molar-refractivity contribution is -0.137. The standard InChI is InChI=1S/C12H9F4N3/c13-11-4-7(3-9(5-17)19-11)10-2-1-8(6-18-10)12(14,15)16/h1-4,6H,5,17H2. The average Bonchev–Trinajstić information content (AvgIpc) is 2.37. The number of pyridine rings is 2. The lowest BCUT2D eigenvalue weighted by Gasteiger charge is -2.07. The van der Waals surface area contributed by atoms with Crippen LogP contribution in [0.15, 0.2) is 30.5 Å². The highest BCUT2D eigenvalue weighted by Gasteiger charge is 2.30. The van der Waals surface area contributed by atoms with Gasteiger partial charge in [0.1, 0.15) is 0 Å². The van der Waals surface area contributed by atoms with Gasteiger partial charge >= 0.3 is 6.18 Å². The minimum atomic E-state index is -4.45. The molecule has 19 heavy (non-hydrogen) atoms. The molecule has 0 aliphatic rings. The summed E-state index contributed by atoms with van der Waals surface area (Å²) in [6.45, 7) is 0.0331. The summed E-state index contributed by atoms with van der Waals surface area (Å²) in [5, 5.41) is 0. The topological polar surface area (TPSA) is 51.8 Å². The molecule has 2 aromatic heterocycles. The highest BCUT2D eigenvalue weighted by molar-refractivity contribution is 5.59. The van der Waals surface area contributed by atoms with Gasteiger partial charge in [-0.3, -0.25) is 4.98 Å². The van der Waals surface area contributed by atoms with Gasteiger partial charge in [0.15, 0.2) is 0 Å². The second-order valence-electron chi connectivity index (χ2n) is 3.80. The Kier molecular flexibility index (Phi) is 3.48. The molecule has 7 heteroatoms. The van der Waals surface area contributed by atoms with Crippen LogP contribution in [0.2, 0.25) is 0 Å². The number of aromatic nitrogens is 2. The Balaban J connectivity index is 2.40. The van der Waals surface area contributed by atoms with E-state index in [0.717, 1.165) is 12.1 Å². The Morgan fingerprint density at radius 2 is 1.89 bits per heavy atom. The highest BCUT2D eigenvalue weighted by atomic mass is 19.4. The van der Waals surface area contributed by atoms with Crippen molar-refractivity contribution in [1.82, 2.24) is 9.97 Å². The fourth-order valence-electron chi connectivity index (χ4n) is 1.54. The van der Waals surface area contributed by atoms with Crippen LogP contribution in [0.1, 0.15) is 11.3 Å². The fraction of sp³-hybridized carbons (Fsp3) is 0.167. The van der Waals surface area contributed by atoms with E-state index in [-0.39, 0.29) is 12.2 Å². The van der Waals surface area contributed by atoms with Crippen molar-refractivity contribution < 1.29 is 17.6 Å². The van der Waals surface area contributed by atoms with Crippen LogP contribution in [-0.4, -0.2) is 9.97 Å². The van der Waals surface area contributed by atoms with E-state index in [1.807, 2.05) is 0 Å². The molecule has 0 amide bonds. The molecule has 0 aliphatic carbocycles. The van der Waals surface area contributed by atoms with Crippen LogP contribution in [0, 0.1) is 5.95 Å². The van der Waals surface area contributed by atoms with E-state index >= 15 is 0 Å². The molecular formula is C12H9F4N3. The molecule has 0 spiro atoms. The van der Waals surface area contributed by atoms with Crippen LogP contribution in [-0.2, 0) is 12.7 Å². The van der Waals surface area contributed by atoms with Crippen molar-refractivity contribution in [3.63, 3.8) is 0 Å². The van der Waals surface area contributed by atoms with Gasteiger partial charge in [-0.1, -0.05) is 0 Å². The summed E-state index contributed by atoms with van der Waals surface area (Å²) in [5.41, 5.74) is 5.36. The van der Waals surface area contributed by atoms with Gasteiger partial charge in [-0.15, -0.1) is 0 Å². The molecule has 0 saturated carbocycles. The van der Waals surface area contributed by atoms with Crippen molar-refractivity contribution in [2.45, 2.75) is 12.7 Å². The van der Waals surface area contributed by atoms with E-state index in [2.05, 4.69) is 9.97 Å². The van der Waals surface area contributed by atoms with Gasteiger partial charge in [-0.25, -0.2) is 4.98 Å². The molecule has 0 bridgehead atoms. The van der Waals surface area contributed by atoms with Gasteiger partial charge in [0.05, 0.1) is 17.0 Å². The summed E-state index contributed by atoms with van der Waals surface area (Å²) in [6, 6.07) is 4.65. The quantitative estimate of drug-likeness (QED) is 0.675. The zero-order valence-electron chi connectivity index (χ0n) is 9.58. The van der Waals surface area contributed by atoms with Crippen LogP contribution < -0.4 is 5.73 Å². The first-order valence-electron chi connectivity index (χ1n) is 5.30. The normalized spacial score (nSPS) is 11.6. The molecule has 2 heterocycles. The maximum Gasteiger partial charge on any atom is 0.417 e. The van der Waals surface area contributed by atoms with Gasteiger partial charge in [0.2, 0.25) is 5.95 Å². The molecule has 3 nitrogen and oxygen atoms in total. The van der Waals surface area contributed by atoms with Crippen molar-refractivity contribution in [3.05, 3.63) is 47.7 Å². The first-order valence-corrected chi connectivity index (χ1v) is 5.30. The summed E-state index contributed by atoms with van der Waals surface area (Å²) in [6.07, 6.45) is -3.74. The van der Waals surface area contributed by atoms with Crippen LogP contribution >= 0.6 is 0 Å². The molecule has 100 valence electrons. The van der Waals surface area contributed by atoms with Gasteiger partial charge in [-0.2, -0.15) is 17.6 Å². The van der Waals surface area contributed by atoms with Crippen LogP contribution in [0.3, 0.4) is 0 Å². The predicted molar refractivity (Wildman–Crippen MR) is 60.3 cm³/mol. The van der Waals surface area contributed by atoms with Crippen LogP contribution in [0.5, 0.6) is 0 Å². The van der Waals surface area contributed by atoms with E-state index < -0.39 is 17.7 Å². The molecule has 0 fully saturated rings. The maximum atomic E-state index is 13.2. The van der Waals surface area contributed by atoms with E-state index in [9.17, 15) is 17.6 Å². The molecular weight excluding hydrogens is 262 g/mol. The molecule has 0 aromatic carbocycles. The minimum Gasteiger partial charge on any atom is -0.325 e. The average molecular weight is 271 g/mol. The summed E-state index contributed by atoms with van der Waals surface area (Å²) in [5.74, 6) is -0.750. The third-order valence-electron chi connectivity index (χ3n) is 2.44. The second kappa shape index (κ2) is 4.93. The molecule has 2 aromatic rings. The fourth-order valence-corrected chi connectivity index (χ4v) is 1.54. The first-order chi connectivity index (χ1) is 8.90. The van der Waals surface area contributed by atoms with E-state index in [4.69, 9.17) is 5.73 Å². The number of rotatable bonds is 2. The van der Waals surface area contributed by atoms with Gasteiger partial charge in [0, 0.05) is 24.4 Å². The Morgan fingerprint density at radius 1 is 1.16 bits per heavy atom. The van der Waals surface area contributed by atoms with Crippen LogP contribution in [0.4, 0.5) is 17.6 Å². The Morgan fingerprint density at radius 3 is 2.42 bits per heavy atom. The molecule has 0 radical (unpaired) electrons. The number of nitrogens with two attached hydrogens (primary N) is 1. The lowest BCUT2D eigenvalue weighted by Crippen LogP contribution is -2.05. The van der Waals surface area contributed by atoms with Crippen molar-refractivity contribution >= 4 is 0 Å². The molecule has 0 aliphatic heterocycles. The van der Waals surface area contributed by atoms with Gasteiger partial charge in [0.25, 0.3) is 0 Å². The third-order valence-corrected chi connectivity index (χ3v) is 2.44. The first kappa shape index (κ1) is 13.4. The summed E-state index contributed by atoms with van der Waals surface area (Å²) in [4.78, 5) is 7.21. The van der Waals surface area contributed by atoms with E-state index in [1.165, 1.54) is 12.1 Å². The Bertz CT molecular complexity index is 579. The zero-order valence-corrected chi connectivity index (χ0v) is 9.58. The number of nitrogens with zero attached hydrogens (tertiary/aromatic N) is 2. The Hall–Kier alpha value is -2.02. The number of halogens is 4. The zero-order chi connectivity index (χ0) is 14.0. The molecule has 0 unspecified atom stereocenters. The summed E-state index contributed by atoms with van der Waals surface area (Å²) < 4.78 is 50.3. The molecule has 0 saturated heterocycles. The SMILES string of the molecule is NCc1cc(-c2ccc(C(F)(F)F)cn2)cc(F)n1. The minimum absolute atomic E-state index is 0.0331. The summed E-state index contributed by atoms with van der Waals surface area (Å²) in [7, 11) is 0. The monoisotopic (exact) mass is 271 g/mol. The lowest BCUT2D eigenvalue weighted by atomic mass is 10.1. The Labute approximate surface area is 106 Å². The smallest absolute Gasteiger partial charge is 0.325 e. The van der Waals surface area contributed by atoms with Crippen molar-refractivity contribution in [2.24, 2.45) is 5.73 Å². The van der Waals surface area contributed by atoms with Crippen molar-refractivity contribution in [3.8, 4) is 11.3 Å². The van der Waals surface area contributed by atoms with Crippen LogP contribution in [0.25, 0.3) is 11.3 Å². The third kappa shape index (κ3) is 3.05. The van der Waals surface area contributed by atoms with E-state index in [0.29, 0.717) is 17.5 Å². The van der Waals surface area contributed by atoms with Crippen molar-refractivity contribution in [1.29, 1.82) is 0 Å². The molecule has 2 rings (SSSR count). The van der Waals surface area contributed by atoms with E-state index in [1.54, 1.807) is 0 Å². The van der Waals surface area contributed by atoms with Gasteiger partial charge in [-0.05, 0) is 18.2 Å². The number of hydrogen-bond donors (Lipinski definition) is 1. The second-order valence-corrected chi connectivity index (χ2v) is 3.80. The molecule has 0 atom stereocenters. The van der Waals surface area contributed by atoms with Gasteiger partial charge < -0.3 is 5.73 Å². The predicted octanol–water partition coefficient (Wildman–Crippen LogP) is 2.76. The molecule has 2 N–H and O–H groups in total. The maximum absolute atomic E-state index is 13.2. The largest absolute Gasteiger partial charge is 0.417 e. The number of alkyl halides is 3.